The number of amides is 1. The molecule has 0 unspecified atom stereocenters. The summed E-state index contributed by atoms with van der Waals surface area (Å²) in [7, 11) is 1.79. The SMILES string of the molecule is Cc1cc(Br)ccc1NC(=O)CN(C)Cc1nc(-c2ccc(F)cc2)no1. The van der Waals surface area contributed by atoms with Gasteiger partial charge in [-0.25, -0.2) is 4.39 Å². The van der Waals surface area contributed by atoms with Crippen molar-refractivity contribution >= 4 is 27.5 Å². The van der Waals surface area contributed by atoms with Gasteiger partial charge < -0.3 is 9.84 Å². The summed E-state index contributed by atoms with van der Waals surface area (Å²) in [5, 5.41) is 6.78. The largest absolute Gasteiger partial charge is 0.338 e. The van der Waals surface area contributed by atoms with Crippen LogP contribution in [0.25, 0.3) is 11.4 Å². The van der Waals surface area contributed by atoms with Gasteiger partial charge in [-0.3, -0.25) is 9.69 Å². The van der Waals surface area contributed by atoms with Crippen LogP contribution in [-0.4, -0.2) is 34.5 Å². The van der Waals surface area contributed by atoms with Crippen molar-refractivity contribution in [1.29, 1.82) is 0 Å². The third kappa shape index (κ3) is 5.21. The Hall–Kier alpha value is -2.58. The van der Waals surface area contributed by atoms with Gasteiger partial charge in [0, 0.05) is 15.7 Å². The van der Waals surface area contributed by atoms with Gasteiger partial charge in [-0.2, -0.15) is 4.98 Å². The number of aromatic nitrogens is 2. The van der Waals surface area contributed by atoms with Crippen LogP contribution in [0.5, 0.6) is 0 Å². The highest BCUT2D eigenvalue weighted by Crippen LogP contribution is 2.20. The maximum absolute atomic E-state index is 13.0. The molecule has 27 heavy (non-hydrogen) atoms. The molecule has 0 aliphatic rings. The van der Waals surface area contributed by atoms with Gasteiger partial charge >= 0.3 is 0 Å². The molecule has 140 valence electrons. The van der Waals surface area contributed by atoms with Gasteiger partial charge in [0.2, 0.25) is 17.6 Å². The number of anilines is 1. The highest BCUT2D eigenvalue weighted by atomic mass is 79.9. The number of carbonyl (C=O) groups excluding carboxylic acids is 1. The lowest BCUT2D eigenvalue weighted by Crippen LogP contribution is -2.30. The molecule has 1 aromatic heterocycles. The molecule has 0 bridgehead atoms. The zero-order valence-corrected chi connectivity index (χ0v) is 16.5. The molecule has 0 saturated carbocycles. The Morgan fingerprint density at radius 2 is 2.00 bits per heavy atom. The van der Waals surface area contributed by atoms with Crippen molar-refractivity contribution in [2.75, 3.05) is 18.9 Å². The number of halogens is 2. The standard InChI is InChI=1S/C19H18BrFN4O2/c1-12-9-14(20)5-8-16(12)22-17(26)10-25(2)11-18-23-19(24-27-18)13-3-6-15(21)7-4-13/h3-9H,10-11H2,1-2H3,(H,22,26). The normalized spacial score (nSPS) is 11.0. The number of hydrogen-bond donors (Lipinski definition) is 1. The maximum Gasteiger partial charge on any atom is 0.241 e. The minimum atomic E-state index is -0.325. The molecule has 0 fully saturated rings. The van der Waals surface area contributed by atoms with Crippen molar-refractivity contribution in [2.24, 2.45) is 0 Å². The molecule has 0 saturated heterocycles. The third-order valence-electron chi connectivity index (χ3n) is 3.85. The second kappa shape index (κ2) is 8.41. The Labute approximate surface area is 164 Å². The van der Waals surface area contributed by atoms with E-state index in [-0.39, 0.29) is 18.3 Å². The first-order valence-electron chi connectivity index (χ1n) is 8.24. The zero-order valence-electron chi connectivity index (χ0n) is 14.9. The molecule has 0 aliphatic carbocycles. The van der Waals surface area contributed by atoms with Crippen molar-refractivity contribution in [3.05, 3.63) is 64.2 Å². The average molecular weight is 433 g/mol. The summed E-state index contributed by atoms with van der Waals surface area (Å²) in [5.74, 6) is 0.299. The topological polar surface area (TPSA) is 71.3 Å². The number of nitrogens with one attached hydrogen (secondary N) is 1. The smallest absolute Gasteiger partial charge is 0.241 e. The number of nitrogens with zero attached hydrogens (tertiary/aromatic N) is 3. The quantitative estimate of drug-likeness (QED) is 0.636. The van der Waals surface area contributed by atoms with Crippen LogP contribution in [0.4, 0.5) is 10.1 Å². The molecule has 3 rings (SSSR count). The van der Waals surface area contributed by atoms with Gasteiger partial charge in [-0.05, 0) is 62.0 Å². The number of carbonyl (C=O) groups is 1. The van der Waals surface area contributed by atoms with E-state index in [4.69, 9.17) is 4.52 Å². The van der Waals surface area contributed by atoms with Gasteiger partial charge in [-0.1, -0.05) is 21.1 Å². The Balaban J connectivity index is 1.56. The molecule has 0 spiro atoms. The third-order valence-corrected chi connectivity index (χ3v) is 4.35. The van der Waals surface area contributed by atoms with E-state index >= 15 is 0 Å². The number of benzene rings is 2. The van der Waals surface area contributed by atoms with Crippen LogP contribution >= 0.6 is 15.9 Å². The summed E-state index contributed by atoms with van der Waals surface area (Å²) >= 11 is 3.40. The Morgan fingerprint density at radius 3 is 2.70 bits per heavy atom. The van der Waals surface area contributed by atoms with E-state index in [1.165, 1.54) is 12.1 Å². The minimum Gasteiger partial charge on any atom is -0.338 e. The number of hydrogen-bond acceptors (Lipinski definition) is 5. The van der Waals surface area contributed by atoms with E-state index in [9.17, 15) is 9.18 Å². The molecular weight excluding hydrogens is 415 g/mol. The first-order chi connectivity index (χ1) is 12.9. The fraction of sp³-hybridized carbons (Fsp3) is 0.211. The second-order valence-corrected chi connectivity index (χ2v) is 7.11. The summed E-state index contributed by atoms with van der Waals surface area (Å²) in [4.78, 5) is 18.3. The molecule has 6 nitrogen and oxygen atoms in total. The number of aryl methyl sites for hydroxylation is 1. The molecule has 1 amide bonds. The lowest BCUT2D eigenvalue weighted by atomic mass is 10.2. The van der Waals surface area contributed by atoms with E-state index in [0.717, 1.165) is 15.7 Å². The minimum absolute atomic E-state index is 0.138. The average Bonchev–Trinajstić information content (AvgIpc) is 3.06. The van der Waals surface area contributed by atoms with Gasteiger partial charge in [-0.15, -0.1) is 0 Å². The number of likely N-dealkylation sites (N-methyl/N-ethyl adjacent to an activating group) is 1. The lowest BCUT2D eigenvalue weighted by Gasteiger charge is -2.15. The first kappa shape index (κ1) is 19.2. The summed E-state index contributed by atoms with van der Waals surface area (Å²) in [6.07, 6.45) is 0. The summed E-state index contributed by atoms with van der Waals surface area (Å²) in [5.41, 5.74) is 2.41. The Kier molecular flexibility index (Phi) is 5.98. The van der Waals surface area contributed by atoms with Crippen LogP contribution in [-0.2, 0) is 11.3 Å². The van der Waals surface area contributed by atoms with E-state index in [1.807, 2.05) is 25.1 Å². The monoisotopic (exact) mass is 432 g/mol. The highest BCUT2D eigenvalue weighted by molar-refractivity contribution is 9.10. The van der Waals surface area contributed by atoms with E-state index in [1.54, 1.807) is 24.1 Å². The summed E-state index contributed by atoms with van der Waals surface area (Å²) < 4.78 is 19.2. The van der Waals surface area contributed by atoms with Crippen LogP contribution in [0, 0.1) is 12.7 Å². The molecule has 3 aromatic rings. The molecule has 0 radical (unpaired) electrons. The maximum atomic E-state index is 13.0. The number of rotatable bonds is 6. The van der Waals surface area contributed by atoms with Crippen molar-refractivity contribution in [3.63, 3.8) is 0 Å². The summed E-state index contributed by atoms with van der Waals surface area (Å²) in [6.45, 7) is 2.42. The second-order valence-electron chi connectivity index (χ2n) is 6.20. The van der Waals surface area contributed by atoms with Gasteiger partial charge in [0.25, 0.3) is 0 Å². The lowest BCUT2D eigenvalue weighted by molar-refractivity contribution is -0.117. The van der Waals surface area contributed by atoms with E-state index in [2.05, 4.69) is 31.4 Å². The molecule has 2 aromatic carbocycles. The van der Waals surface area contributed by atoms with Crippen molar-refractivity contribution in [1.82, 2.24) is 15.0 Å². The van der Waals surface area contributed by atoms with Crippen molar-refractivity contribution in [2.45, 2.75) is 13.5 Å². The first-order valence-corrected chi connectivity index (χ1v) is 9.03. The predicted octanol–water partition coefficient (Wildman–Crippen LogP) is 4.02. The van der Waals surface area contributed by atoms with Crippen LogP contribution in [0.1, 0.15) is 11.5 Å². The Morgan fingerprint density at radius 1 is 1.26 bits per heavy atom. The van der Waals surface area contributed by atoms with E-state index in [0.29, 0.717) is 23.8 Å². The van der Waals surface area contributed by atoms with Gasteiger partial charge in [0.05, 0.1) is 13.1 Å². The van der Waals surface area contributed by atoms with E-state index < -0.39 is 0 Å². The van der Waals surface area contributed by atoms with Crippen LogP contribution in [0.2, 0.25) is 0 Å². The predicted molar refractivity (Wildman–Crippen MR) is 104 cm³/mol. The molecule has 1 heterocycles. The highest BCUT2D eigenvalue weighted by Gasteiger charge is 2.14. The summed E-state index contributed by atoms with van der Waals surface area (Å²) in [6, 6.07) is 11.5. The molecule has 0 atom stereocenters. The molecule has 0 aliphatic heterocycles. The van der Waals surface area contributed by atoms with Crippen molar-refractivity contribution in [3.8, 4) is 11.4 Å². The van der Waals surface area contributed by atoms with Crippen molar-refractivity contribution < 1.29 is 13.7 Å². The molecule has 1 N–H and O–H groups in total. The zero-order chi connectivity index (χ0) is 19.4. The van der Waals surface area contributed by atoms with Crippen LogP contribution in [0.3, 0.4) is 0 Å². The fourth-order valence-electron chi connectivity index (χ4n) is 2.52. The van der Waals surface area contributed by atoms with Gasteiger partial charge in [0.15, 0.2) is 0 Å². The van der Waals surface area contributed by atoms with Crippen LogP contribution < -0.4 is 5.32 Å². The molecule has 8 heteroatoms. The molecular formula is C19H18BrFN4O2. The Bertz CT molecular complexity index is 943. The fourth-order valence-corrected chi connectivity index (χ4v) is 3.00. The van der Waals surface area contributed by atoms with Gasteiger partial charge in [0.1, 0.15) is 5.82 Å². The van der Waals surface area contributed by atoms with Crippen LogP contribution in [0.15, 0.2) is 51.5 Å².